The molecule has 0 amide bonds. The van der Waals surface area contributed by atoms with Gasteiger partial charge in [0.2, 0.25) is 0 Å². The van der Waals surface area contributed by atoms with Crippen molar-refractivity contribution in [2.75, 3.05) is 20.2 Å². The Morgan fingerprint density at radius 1 is 1.43 bits per heavy atom. The fourth-order valence-electron chi connectivity index (χ4n) is 3.76. The molecule has 1 saturated carbocycles. The Labute approximate surface area is 124 Å². The van der Waals surface area contributed by atoms with Gasteiger partial charge in [0, 0.05) is 31.7 Å². The van der Waals surface area contributed by atoms with Gasteiger partial charge in [0.05, 0.1) is 12.0 Å². The summed E-state index contributed by atoms with van der Waals surface area (Å²) in [5.74, 6) is 1.61. The highest BCUT2D eigenvalue weighted by Crippen LogP contribution is 2.38. The maximum atomic E-state index is 11.1. The molecular weight excluding hydrogens is 270 g/mol. The van der Waals surface area contributed by atoms with Gasteiger partial charge in [-0.05, 0) is 36.3 Å². The van der Waals surface area contributed by atoms with E-state index in [1.54, 1.807) is 12.1 Å². The van der Waals surface area contributed by atoms with Gasteiger partial charge in [0.1, 0.15) is 0 Å². The number of nitro groups is 1. The second kappa shape index (κ2) is 5.61. The highest BCUT2D eigenvalue weighted by atomic mass is 16.6. The predicted octanol–water partition coefficient (Wildman–Crippen LogP) is 1.77. The Morgan fingerprint density at radius 2 is 2.24 bits per heavy atom. The Hall–Kier alpha value is -1.66. The first-order valence-electron chi connectivity index (χ1n) is 7.37. The first-order chi connectivity index (χ1) is 10.1. The number of nitrogens with zero attached hydrogens (tertiary/aromatic N) is 2. The molecule has 6 nitrogen and oxygen atoms in total. The second-order valence-corrected chi connectivity index (χ2v) is 6.12. The summed E-state index contributed by atoms with van der Waals surface area (Å²) in [6.07, 6.45) is 2.35. The van der Waals surface area contributed by atoms with Gasteiger partial charge in [0.15, 0.2) is 5.75 Å². The number of methoxy groups -OCH3 is 1. The van der Waals surface area contributed by atoms with Crippen LogP contribution in [0, 0.1) is 22.0 Å². The normalized spacial score (nSPS) is 28.6. The van der Waals surface area contributed by atoms with Crippen LogP contribution in [-0.4, -0.2) is 36.1 Å². The van der Waals surface area contributed by atoms with E-state index in [0.29, 0.717) is 23.6 Å². The van der Waals surface area contributed by atoms with Crippen LogP contribution in [0.15, 0.2) is 18.2 Å². The molecule has 0 bridgehead atoms. The lowest BCUT2D eigenvalue weighted by Crippen LogP contribution is -2.30. The van der Waals surface area contributed by atoms with Crippen LogP contribution in [0.5, 0.6) is 5.75 Å². The molecule has 2 aliphatic rings. The summed E-state index contributed by atoms with van der Waals surface area (Å²) in [5.41, 5.74) is 7.13. The van der Waals surface area contributed by atoms with Gasteiger partial charge < -0.3 is 10.5 Å². The number of nitrogens with two attached hydrogens (primary N) is 1. The molecule has 3 rings (SSSR count). The zero-order valence-electron chi connectivity index (χ0n) is 12.2. The number of benzene rings is 1. The van der Waals surface area contributed by atoms with Crippen molar-refractivity contribution in [1.29, 1.82) is 0 Å². The molecule has 1 aromatic carbocycles. The summed E-state index contributed by atoms with van der Waals surface area (Å²) < 4.78 is 5.03. The first-order valence-corrected chi connectivity index (χ1v) is 7.37. The van der Waals surface area contributed by atoms with E-state index in [4.69, 9.17) is 10.5 Å². The molecule has 1 heterocycles. The first kappa shape index (κ1) is 14.3. The van der Waals surface area contributed by atoms with Gasteiger partial charge in [-0.2, -0.15) is 0 Å². The fraction of sp³-hybridized carbons (Fsp3) is 0.600. The number of hydrogen-bond donors (Lipinski definition) is 1. The maximum Gasteiger partial charge on any atom is 0.311 e. The van der Waals surface area contributed by atoms with Crippen LogP contribution in [0.4, 0.5) is 5.69 Å². The van der Waals surface area contributed by atoms with Gasteiger partial charge in [-0.1, -0.05) is 6.07 Å². The number of ether oxygens (including phenoxy) is 1. The van der Waals surface area contributed by atoms with E-state index in [9.17, 15) is 10.1 Å². The highest BCUT2D eigenvalue weighted by Gasteiger charge is 2.40. The SMILES string of the molecule is COc1ccc(CN2CC3CCC(N)C3C2)cc1[N+](=O)[O-]. The van der Waals surface area contributed by atoms with Crippen molar-refractivity contribution in [1.82, 2.24) is 4.90 Å². The molecule has 114 valence electrons. The van der Waals surface area contributed by atoms with Crippen molar-refractivity contribution < 1.29 is 9.66 Å². The molecule has 1 aromatic rings. The van der Waals surface area contributed by atoms with Gasteiger partial charge in [-0.15, -0.1) is 0 Å². The Balaban J connectivity index is 1.71. The smallest absolute Gasteiger partial charge is 0.311 e. The largest absolute Gasteiger partial charge is 0.490 e. The number of rotatable bonds is 4. The van der Waals surface area contributed by atoms with Gasteiger partial charge >= 0.3 is 5.69 Å². The van der Waals surface area contributed by atoms with Crippen LogP contribution in [-0.2, 0) is 6.54 Å². The third kappa shape index (κ3) is 2.73. The summed E-state index contributed by atoms with van der Waals surface area (Å²) in [7, 11) is 1.45. The van der Waals surface area contributed by atoms with Crippen LogP contribution >= 0.6 is 0 Å². The lowest BCUT2D eigenvalue weighted by atomic mass is 9.98. The zero-order valence-corrected chi connectivity index (χ0v) is 12.2. The summed E-state index contributed by atoms with van der Waals surface area (Å²) in [4.78, 5) is 13.0. The molecular formula is C15H21N3O3. The van der Waals surface area contributed by atoms with E-state index >= 15 is 0 Å². The molecule has 0 radical (unpaired) electrons. The van der Waals surface area contributed by atoms with Gasteiger partial charge in [-0.25, -0.2) is 0 Å². The van der Waals surface area contributed by atoms with Crippen LogP contribution < -0.4 is 10.5 Å². The standard InChI is InChI=1S/C15H21N3O3/c1-21-15-5-2-10(6-14(15)18(19)20)7-17-8-11-3-4-13(16)12(11)9-17/h2,5-6,11-13H,3-4,7-9,16H2,1H3. The average Bonchev–Trinajstić information content (AvgIpc) is 3.01. The lowest BCUT2D eigenvalue weighted by Gasteiger charge is -2.18. The monoisotopic (exact) mass is 291 g/mol. The van der Waals surface area contributed by atoms with Crippen molar-refractivity contribution in [3.63, 3.8) is 0 Å². The fourth-order valence-corrected chi connectivity index (χ4v) is 3.76. The van der Waals surface area contributed by atoms with E-state index in [1.165, 1.54) is 13.5 Å². The van der Waals surface area contributed by atoms with E-state index < -0.39 is 4.92 Å². The molecule has 21 heavy (non-hydrogen) atoms. The van der Waals surface area contributed by atoms with E-state index in [-0.39, 0.29) is 5.69 Å². The highest BCUT2D eigenvalue weighted by molar-refractivity contribution is 5.48. The van der Waals surface area contributed by atoms with E-state index in [0.717, 1.165) is 31.6 Å². The number of nitro benzene ring substituents is 1. The summed E-state index contributed by atoms with van der Waals surface area (Å²) in [6.45, 7) is 2.80. The van der Waals surface area contributed by atoms with Crippen molar-refractivity contribution in [2.45, 2.75) is 25.4 Å². The topological polar surface area (TPSA) is 81.6 Å². The number of hydrogen-bond acceptors (Lipinski definition) is 5. The summed E-state index contributed by atoms with van der Waals surface area (Å²) in [5, 5.41) is 11.1. The molecule has 1 aliphatic heterocycles. The Kier molecular flexibility index (Phi) is 3.82. The van der Waals surface area contributed by atoms with Crippen LogP contribution in [0.25, 0.3) is 0 Å². The van der Waals surface area contributed by atoms with Crippen molar-refractivity contribution in [3.05, 3.63) is 33.9 Å². The zero-order chi connectivity index (χ0) is 15.0. The van der Waals surface area contributed by atoms with Crippen molar-refractivity contribution >= 4 is 5.69 Å². The minimum absolute atomic E-state index is 0.0334. The molecule has 2 N–H and O–H groups in total. The van der Waals surface area contributed by atoms with Crippen LogP contribution in [0.2, 0.25) is 0 Å². The summed E-state index contributed by atoms with van der Waals surface area (Å²) >= 11 is 0. The predicted molar refractivity (Wildman–Crippen MR) is 79.1 cm³/mol. The molecule has 1 aliphatic carbocycles. The molecule has 3 unspecified atom stereocenters. The number of likely N-dealkylation sites (tertiary alicyclic amines) is 1. The Morgan fingerprint density at radius 3 is 2.90 bits per heavy atom. The minimum Gasteiger partial charge on any atom is -0.490 e. The van der Waals surface area contributed by atoms with E-state index in [2.05, 4.69) is 4.90 Å². The molecule has 0 aromatic heterocycles. The second-order valence-electron chi connectivity index (χ2n) is 6.12. The van der Waals surface area contributed by atoms with Gasteiger partial charge in [0.25, 0.3) is 0 Å². The van der Waals surface area contributed by atoms with Gasteiger partial charge in [-0.3, -0.25) is 15.0 Å². The summed E-state index contributed by atoms with van der Waals surface area (Å²) in [6, 6.07) is 5.52. The Bertz CT molecular complexity index is 549. The average molecular weight is 291 g/mol. The minimum atomic E-state index is -0.392. The van der Waals surface area contributed by atoms with Crippen LogP contribution in [0.1, 0.15) is 18.4 Å². The number of fused-ring (bicyclic) bond motifs is 1. The lowest BCUT2D eigenvalue weighted by molar-refractivity contribution is -0.385. The molecule has 1 saturated heterocycles. The third-order valence-electron chi connectivity index (χ3n) is 4.83. The quantitative estimate of drug-likeness (QED) is 0.675. The van der Waals surface area contributed by atoms with Crippen molar-refractivity contribution in [2.24, 2.45) is 17.6 Å². The molecule has 0 spiro atoms. The van der Waals surface area contributed by atoms with E-state index in [1.807, 2.05) is 6.07 Å². The molecule has 3 atom stereocenters. The van der Waals surface area contributed by atoms with Crippen molar-refractivity contribution in [3.8, 4) is 5.75 Å². The van der Waals surface area contributed by atoms with Crippen LogP contribution in [0.3, 0.4) is 0 Å². The molecule has 2 fully saturated rings. The maximum absolute atomic E-state index is 11.1. The third-order valence-corrected chi connectivity index (χ3v) is 4.83. The molecule has 6 heteroatoms.